The number of oxime groups is 1. The minimum absolute atomic E-state index is 0.0628. The Morgan fingerprint density at radius 1 is 1.33 bits per heavy atom. The van der Waals surface area contributed by atoms with Gasteiger partial charge in [0, 0.05) is 38.6 Å². The lowest BCUT2D eigenvalue weighted by atomic mass is 10.1. The molecule has 1 saturated heterocycles. The average molecular weight is 292 g/mol. The van der Waals surface area contributed by atoms with Gasteiger partial charge in [-0.2, -0.15) is 0 Å². The third-order valence-corrected chi connectivity index (χ3v) is 3.95. The van der Waals surface area contributed by atoms with Crippen LogP contribution in [-0.4, -0.2) is 55.8 Å². The van der Waals surface area contributed by atoms with Crippen molar-refractivity contribution >= 4 is 11.5 Å². The van der Waals surface area contributed by atoms with Gasteiger partial charge in [-0.05, 0) is 12.1 Å². The fraction of sp³-hybridized carbons (Fsp3) is 0.533. The van der Waals surface area contributed by atoms with Crippen molar-refractivity contribution in [3.8, 4) is 5.75 Å². The summed E-state index contributed by atoms with van der Waals surface area (Å²) in [6, 6.07) is 8.09. The van der Waals surface area contributed by atoms with Gasteiger partial charge in [-0.3, -0.25) is 4.90 Å². The molecule has 0 aromatic heterocycles. The monoisotopic (exact) mass is 292 g/mol. The Kier molecular flexibility index (Phi) is 5.27. The molecule has 1 fully saturated rings. The SMILES string of the molecule is COc1ccccc1N1CCN(CC(C)/C(N)=N/O)CC1. The number of methoxy groups -OCH3 is 1. The standard InChI is InChI=1S/C15H24N4O2/c1-12(15(16)17-20)11-18-7-9-19(10-8-18)13-5-3-4-6-14(13)21-2/h3-6,12,20H,7-11H2,1-2H3,(H2,16,17). The fourth-order valence-electron chi connectivity index (χ4n) is 2.64. The van der Waals surface area contributed by atoms with Crippen LogP contribution < -0.4 is 15.4 Å². The van der Waals surface area contributed by atoms with E-state index < -0.39 is 0 Å². The first-order chi connectivity index (χ1) is 10.2. The van der Waals surface area contributed by atoms with Crippen LogP contribution in [0, 0.1) is 5.92 Å². The van der Waals surface area contributed by atoms with Gasteiger partial charge in [-0.25, -0.2) is 0 Å². The number of benzene rings is 1. The van der Waals surface area contributed by atoms with Gasteiger partial charge >= 0.3 is 0 Å². The van der Waals surface area contributed by atoms with Crippen LogP contribution in [0.25, 0.3) is 0 Å². The third-order valence-electron chi connectivity index (χ3n) is 3.95. The summed E-state index contributed by atoms with van der Waals surface area (Å²) in [6.07, 6.45) is 0. The van der Waals surface area contributed by atoms with Crippen LogP contribution in [0.15, 0.2) is 29.4 Å². The lowest BCUT2D eigenvalue weighted by Crippen LogP contribution is -2.48. The summed E-state index contributed by atoms with van der Waals surface area (Å²) in [5.41, 5.74) is 6.78. The van der Waals surface area contributed by atoms with E-state index in [-0.39, 0.29) is 5.92 Å². The molecule has 1 aliphatic rings. The van der Waals surface area contributed by atoms with Gasteiger partial charge in [-0.1, -0.05) is 24.2 Å². The van der Waals surface area contributed by atoms with Crippen molar-refractivity contribution in [1.29, 1.82) is 0 Å². The topological polar surface area (TPSA) is 74.3 Å². The number of nitrogens with zero attached hydrogens (tertiary/aromatic N) is 3. The minimum atomic E-state index is 0.0628. The molecule has 0 saturated carbocycles. The number of para-hydroxylation sites is 2. The lowest BCUT2D eigenvalue weighted by molar-refractivity contribution is 0.239. The molecule has 0 aliphatic carbocycles. The first-order valence-electron chi connectivity index (χ1n) is 7.23. The Morgan fingerprint density at radius 3 is 2.62 bits per heavy atom. The zero-order chi connectivity index (χ0) is 15.2. The smallest absolute Gasteiger partial charge is 0.143 e. The van der Waals surface area contributed by atoms with Crippen molar-refractivity contribution < 1.29 is 9.94 Å². The second kappa shape index (κ2) is 7.17. The second-order valence-electron chi connectivity index (χ2n) is 5.39. The number of hydrogen-bond donors (Lipinski definition) is 2. The molecule has 116 valence electrons. The quantitative estimate of drug-likeness (QED) is 0.369. The Hall–Kier alpha value is -1.95. The van der Waals surface area contributed by atoms with Crippen LogP contribution in [0.4, 0.5) is 5.69 Å². The highest BCUT2D eigenvalue weighted by atomic mass is 16.5. The van der Waals surface area contributed by atoms with E-state index >= 15 is 0 Å². The average Bonchev–Trinajstić information content (AvgIpc) is 2.54. The van der Waals surface area contributed by atoms with Gasteiger partial charge < -0.3 is 20.6 Å². The second-order valence-corrected chi connectivity index (χ2v) is 5.39. The van der Waals surface area contributed by atoms with E-state index in [2.05, 4.69) is 21.0 Å². The number of hydrogen-bond acceptors (Lipinski definition) is 5. The molecule has 0 spiro atoms. The van der Waals surface area contributed by atoms with Crippen molar-refractivity contribution in [2.75, 3.05) is 44.7 Å². The molecule has 1 heterocycles. The number of amidine groups is 1. The van der Waals surface area contributed by atoms with Crippen molar-refractivity contribution in [3.63, 3.8) is 0 Å². The number of anilines is 1. The van der Waals surface area contributed by atoms with Gasteiger partial charge in [0.1, 0.15) is 11.6 Å². The summed E-state index contributed by atoms with van der Waals surface area (Å²) in [6.45, 7) is 6.60. The van der Waals surface area contributed by atoms with Gasteiger partial charge in [0.05, 0.1) is 12.8 Å². The molecule has 0 bridgehead atoms. The summed E-state index contributed by atoms with van der Waals surface area (Å²) in [5, 5.41) is 11.8. The van der Waals surface area contributed by atoms with Gasteiger partial charge in [0.15, 0.2) is 0 Å². The fourth-order valence-corrected chi connectivity index (χ4v) is 2.64. The van der Waals surface area contributed by atoms with E-state index in [1.165, 1.54) is 0 Å². The molecule has 0 radical (unpaired) electrons. The molecule has 6 heteroatoms. The van der Waals surface area contributed by atoms with Crippen LogP contribution in [-0.2, 0) is 0 Å². The van der Waals surface area contributed by atoms with E-state index in [9.17, 15) is 0 Å². The van der Waals surface area contributed by atoms with Crippen LogP contribution in [0.1, 0.15) is 6.92 Å². The maximum absolute atomic E-state index is 8.71. The highest BCUT2D eigenvalue weighted by molar-refractivity contribution is 5.82. The number of ether oxygens (including phenoxy) is 1. The zero-order valence-electron chi connectivity index (χ0n) is 12.7. The van der Waals surface area contributed by atoms with Crippen LogP contribution in [0.2, 0.25) is 0 Å². The van der Waals surface area contributed by atoms with Gasteiger partial charge in [-0.15, -0.1) is 0 Å². The van der Waals surface area contributed by atoms with Crippen molar-refractivity contribution in [2.45, 2.75) is 6.92 Å². The Labute approximate surface area is 125 Å². The number of nitrogens with two attached hydrogens (primary N) is 1. The maximum Gasteiger partial charge on any atom is 0.143 e. The first-order valence-corrected chi connectivity index (χ1v) is 7.23. The van der Waals surface area contributed by atoms with Crippen molar-refractivity contribution in [2.24, 2.45) is 16.8 Å². The van der Waals surface area contributed by atoms with Crippen LogP contribution >= 0.6 is 0 Å². The predicted molar refractivity (Wildman–Crippen MR) is 84.2 cm³/mol. The number of rotatable bonds is 5. The first kappa shape index (κ1) is 15.4. The molecular formula is C15H24N4O2. The van der Waals surface area contributed by atoms with Crippen LogP contribution in [0.5, 0.6) is 5.75 Å². The zero-order valence-corrected chi connectivity index (χ0v) is 12.7. The summed E-state index contributed by atoms with van der Waals surface area (Å²) < 4.78 is 5.42. The molecule has 1 unspecified atom stereocenters. The summed E-state index contributed by atoms with van der Waals surface area (Å²) in [5.74, 6) is 1.27. The Balaban J connectivity index is 1.91. The highest BCUT2D eigenvalue weighted by Crippen LogP contribution is 2.28. The predicted octanol–water partition coefficient (Wildman–Crippen LogP) is 1.20. The lowest BCUT2D eigenvalue weighted by Gasteiger charge is -2.37. The van der Waals surface area contributed by atoms with Gasteiger partial charge in [0.2, 0.25) is 0 Å². The van der Waals surface area contributed by atoms with Crippen molar-refractivity contribution in [1.82, 2.24) is 4.90 Å². The summed E-state index contributed by atoms with van der Waals surface area (Å²) in [4.78, 5) is 4.68. The van der Waals surface area contributed by atoms with E-state index in [0.717, 1.165) is 44.2 Å². The largest absolute Gasteiger partial charge is 0.495 e. The van der Waals surface area contributed by atoms with E-state index in [1.807, 2.05) is 25.1 Å². The van der Waals surface area contributed by atoms with E-state index in [0.29, 0.717) is 5.84 Å². The molecule has 1 aromatic rings. The normalized spacial score (nSPS) is 18.6. The van der Waals surface area contributed by atoms with E-state index in [1.54, 1.807) is 7.11 Å². The maximum atomic E-state index is 8.71. The highest BCUT2D eigenvalue weighted by Gasteiger charge is 2.21. The molecule has 21 heavy (non-hydrogen) atoms. The summed E-state index contributed by atoms with van der Waals surface area (Å²) >= 11 is 0. The molecule has 1 aliphatic heterocycles. The third kappa shape index (κ3) is 3.78. The molecule has 2 rings (SSSR count). The summed E-state index contributed by atoms with van der Waals surface area (Å²) in [7, 11) is 1.70. The van der Waals surface area contributed by atoms with Gasteiger partial charge in [0.25, 0.3) is 0 Å². The van der Waals surface area contributed by atoms with Crippen molar-refractivity contribution in [3.05, 3.63) is 24.3 Å². The molecular weight excluding hydrogens is 268 g/mol. The Morgan fingerprint density at radius 2 is 2.00 bits per heavy atom. The minimum Gasteiger partial charge on any atom is -0.495 e. The Bertz CT molecular complexity index is 484. The molecule has 3 N–H and O–H groups in total. The molecule has 6 nitrogen and oxygen atoms in total. The van der Waals surface area contributed by atoms with Crippen LogP contribution in [0.3, 0.4) is 0 Å². The number of piperazine rings is 1. The molecule has 1 atom stereocenters. The molecule has 0 amide bonds. The molecule has 1 aromatic carbocycles. The van der Waals surface area contributed by atoms with E-state index in [4.69, 9.17) is 15.7 Å².